The Bertz CT molecular complexity index is 842. The number of para-hydroxylation sites is 1. The average Bonchev–Trinajstić information content (AvgIpc) is 3.20. The Hall–Kier alpha value is -2.59. The zero-order valence-electron chi connectivity index (χ0n) is 14.5. The largest absolute Gasteiger partial charge is 0.493 e. The van der Waals surface area contributed by atoms with Gasteiger partial charge in [-0.15, -0.1) is 0 Å². The fourth-order valence-corrected chi connectivity index (χ4v) is 3.33. The summed E-state index contributed by atoms with van der Waals surface area (Å²) >= 11 is 0. The average molecular weight is 333 g/mol. The molecular weight excluding hydrogens is 310 g/mol. The molecule has 2 heterocycles. The van der Waals surface area contributed by atoms with Gasteiger partial charge in [0.2, 0.25) is 0 Å². The van der Waals surface area contributed by atoms with Crippen LogP contribution in [0.2, 0.25) is 0 Å². The fourth-order valence-electron chi connectivity index (χ4n) is 3.33. The molecule has 0 radical (unpaired) electrons. The molecule has 0 saturated heterocycles. The van der Waals surface area contributed by atoms with E-state index < -0.39 is 0 Å². The Kier molecular flexibility index (Phi) is 4.53. The number of aromatic nitrogens is 2. The van der Waals surface area contributed by atoms with Crippen molar-refractivity contribution in [1.29, 1.82) is 0 Å². The van der Waals surface area contributed by atoms with Gasteiger partial charge in [-0.3, -0.25) is 0 Å². The Morgan fingerprint density at radius 3 is 3.00 bits per heavy atom. The summed E-state index contributed by atoms with van der Waals surface area (Å²) in [4.78, 5) is 0. The second-order valence-electron chi connectivity index (χ2n) is 6.50. The lowest BCUT2D eigenvalue weighted by Crippen LogP contribution is -2.20. The van der Waals surface area contributed by atoms with Crippen LogP contribution in [0.1, 0.15) is 36.1 Å². The molecule has 0 aliphatic carbocycles. The number of benzene rings is 2. The Morgan fingerprint density at radius 2 is 2.12 bits per heavy atom. The maximum atomic E-state index is 5.71. The topological polar surface area (TPSA) is 39.1 Å². The standard InChI is InChI=1S/C21H23N3O/c1-16(17-9-10-21-18(14-17)7-4-13-25-21)22-15-19-6-2-3-8-20(19)24-12-5-11-23-24/h2-3,5-6,8-12,14,16,22H,4,7,13,15H2,1H3. The molecule has 1 atom stereocenters. The van der Waals surface area contributed by atoms with Gasteiger partial charge in [-0.25, -0.2) is 4.68 Å². The summed E-state index contributed by atoms with van der Waals surface area (Å²) in [7, 11) is 0. The molecular formula is C21H23N3O. The molecule has 0 spiro atoms. The van der Waals surface area contributed by atoms with Crippen LogP contribution in [-0.4, -0.2) is 16.4 Å². The Morgan fingerprint density at radius 1 is 1.20 bits per heavy atom. The first-order valence-electron chi connectivity index (χ1n) is 8.88. The summed E-state index contributed by atoms with van der Waals surface area (Å²) < 4.78 is 7.63. The first kappa shape index (κ1) is 15.9. The van der Waals surface area contributed by atoms with Crippen molar-refractivity contribution in [2.24, 2.45) is 0 Å². The predicted octanol–water partition coefficient (Wildman–Crippen LogP) is 4.05. The first-order chi connectivity index (χ1) is 12.3. The van der Waals surface area contributed by atoms with E-state index in [-0.39, 0.29) is 6.04 Å². The van der Waals surface area contributed by atoms with Gasteiger partial charge in [-0.1, -0.05) is 30.3 Å². The highest BCUT2D eigenvalue weighted by Gasteiger charge is 2.13. The molecule has 0 bridgehead atoms. The van der Waals surface area contributed by atoms with Crippen LogP contribution >= 0.6 is 0 Å². The molecule has 0 saturated carbocycles. The summed E-state index contributed by atoms with van der Waals surface area (Å²) in [5, 5.41) is 8.00. The molecule has 4 nitrogen and oxygen atoms in total. The van der Waals surface area contributed by atoms with Crippen molar-refractivity contribution in [3.05, 3.63) is 77.6 Å². The van der Waals surface area contributed by atoms with E-state index in [0.29, 0.717) is 0 Å². The van der Waals surface area contributed by atoms with Crippen LogP contribution in [0.3, 0.4) is 0 Å². The highest BCUT2D eigenvalue weighted by molar-refractivity contribution is 5.41. The van der Waals surface area contributed by atoms with E-state index in [4.69, 9.17) is 4.74 Å². The van der Waals surface area contributed by atoms with Crippen molar-refractivity contribution >= 4 is 0 Å². The molecule has 1 aromatic heterocycles. The first-order valence-corrected chi connectivity index (χ1v) is 8.88. The Balaban J connectivity index is 1.48. The predicted molar refractivity (Wildman–Crippen MR) is 99.1 cm³/mol. The van der Waals surface area contributed by atoms with Crippen molar-refractivity contribution < 1.29 is 4.74 Å². The Labute approximate surface area is 148 Å². The maximum absolute atomic E-state index is 5.71. The molecule has 2 aromatic carbocycles. The molecule has 1 aliphatic heterocycles. The number of fused-ring (bicyclic) bond motifs is 1. The van der Waals surface area contributed by atoms with Gasteiger partial charge in [0, 0.05) is 25.0 Å². The SMILES string of the molecule is CC(NCc1ccccc1-n1cccn1)c1ccc2c(c1)CCCO2. The number of hydrogen-bond donors (Lipinski definition) is 1. The van der Waals surface area contributed by atoms with Crippen LogP contribution in [0.4, 0.5) is 0 Å². The van der Waals surface area contributed by atoms with E-state index in [2.05, 4.69) is 53.7 Å². The summed E-state index contributed by atoms with van der Waals surface area (Å²) in [5.41, 5.74) is 4.99. The van der Waals surface area contributed by atoms with Crippen LogP contribution in [0.5, 0.6) is 5.75 Å². The fraction of sp³-hybridized carbons (Fsp3) is 0.286. The van der Waals surface area contributed by atoms with Crippen molar-refractivity contribution in [1.82, 2.24) is 15.1 Å². The smallest absolute Gasteiger partial charge is 0.122 e. The lowest BCUT2D eigenvalue weighted by atomic mass is 10.00. The summed E-state index contributed by atoms with van der Waals surface area (Å²) in [6.45, 7) is 3.84. The molecule has 0 amide bonds. The van der Waals surface area contributed by atoms with E-state index in [1.54, 1.807) is 0 Å². The molecule has 4 heteroatoms. The highest BCUT2D eigenvalue weighted by Crippen LogP contribution is 2.28. The minimum absolute atomic E-state index is 0.276. The summed E-state index contributed by atoms with van der Waals surface area (Å²) in [5.74, 6) is 1.05. The van der Waals surface area contributed by atoms with Crippen LogP contribution in [0, 0.1) is 0 Å². The van der Waals surface area contributed by atoms with Crippen molar-refractivity contribution in [2.75, 3.05) is 6.61 Å². The third kappa shape index (κ3) is 3.44. The van der Waals surface area contributed by atoms with Gasteiger partial charge in [0.15, 0.2) is 0 Å². The van der Waals surface area contributed by atoms with Gasteiger partial charge in [-0.2, -0.15) is 5.10 Å². The van der Waals surface area contributed by atoms with Crippen LogP contribution < -0.4 is 10.1 Å². The van der Waals surface area contributed by atoms with E-state index in [1.807, 2.05) is 29.2 Å². The van der Waals surface area contributed by atoms with Gasteiger partial charge >= 0.3 is 0 Å². The second-order valence-corrected chi connectivity index (χ2v) is 6.50. The van der Waals surface area contributed by atoms with Crippen molar-refractivity contribution in [3.63, 3.8) is 0 Å². The normalized spacial score (nSPS) is 14.6. The monoisotopic (exact) mass is 333 g/mol. The number of aryl methyl sites for hydroxylation is 1. The third-order valence-corrected chi connectivity index (χ3v) is 4.77. The van der Waals surface area contributed by atoms with Crippen LogP contribution in [0.15, 0.2) is 60.9 Å². The molecule has 128 valence electrons. The van der Waals surface area contributed by atoms with E-state index >= 15 is 0 Å². The van der Waals surface area contributed by atoms with Crippen molar-refractivity contribution in [3.8, 4) is 11.4 Å². The molecule has 1 unspecified atom stereocenters. The number of hydrogen-bond acceptors (Lipinski definition) is 3. The molecule has 0 fully saturated rings. The minimum Gasteiger partial charge on any atom is -0.493 e. The number of nitrogens with zero attached hydrogens (tertiary/aromatic N) is 2. The maximum Gasteiger partial charge on any atom is 0.122 e. The molecule has 25 heavy (non-hydrogen) atoms. The third-order valence-electron chi connectivity index (χ3n) is 4.77. The molecule has 1 aliphatic rings. The van der Waals surface area contributed by atoms with Gasteiger partial charge in [-0.05, 0) is 54.7 Å². The molecule has 3 aromatic rings. The van der Waals surface area contributed by atoms with E-state index in [1.165, 1.54) is 16.7 Å². The van der Waals surface area contributed by atoms with Gasteiger partial charge in [0.25, 0.3) is 0 Å². The number of nitrogens with one attached hydrogen (secondary N) is 1. The van der Waals surface area contributed by atoms with Gasteiger partial charge < -0.3 is 10.1 Å². The van der Waals surface area contributed by atoms with Gasteiger partial charge in [0.1, 0.15) is 5.75 Å². The zero-order chi connectivity index (χ0) is 17.1. The van der Waals surface area contributed by atoms with Gasteiger partial charge in [0.05, 0.1) is 12.3 Å². The second kappa shape index (κ2) is 7.11. The molecule has 1 N–H and O–H groups in total. The van der Waals surface area contributed by atoms with Crippen molar-refractivity contribution in [2.45, 2.75) is 32.4 Å². The van der Waals surface area contributed by atoms with E-state index in [9.17, 15) is 0 Å². The summed E-state index contributed by atoms with van der Waals surface area (Å²) in [6, 6.07) is 17.2. The zero-order valence-corrected chi connectivity index (χ0v) is 14.5. The molecule has 4 rings (SSSR count). The van der Waals surface area contributed by atoms with E-state index in [0.717, 1.165) is 37.4 Å². The summed E-state index contributed by atoms with van der Waals surface area (Å²) in [6.07, 6.45) is 6.00. The lowest BCUT2D eigenvalue weighted by molar-refractivity contribution is 0.288. The number of ether oxygens (including phenoxy) is 1. The van der Waals surface area contributed by atoms with Crippen LogP contribution in [0.25, 0.3) is 5.69 Å². The quantitative estimate of drug-likeness (QED) is 0.766. The lowest BCUT2D eigenvalue weighted by Gasteiger charge is -2.21. The van der Waals surface area contributed by atoms with Crippen LogP contribution in [-0.2, 0) is 13.0 Å². The number of rotatable bonds is 5. The highest BCUT2D eigenvalue weighted by atomic mass is 16.5. The minimum atomic E-state index is 0.276.